The van der Waals surface area contributed by atoms with Crippen LogP contribution in [0.15, 0.2) is 30.3 Å². The number of esters is 3. The number of ether oxygens (including phenoxy) is 3. The van der Waals surface area contributed by atoms with Crippen LogP contribution < -0.4 is 0 Å². The van der Waals surface area contributed by atoms with Crippen molar-refractivity contribution in [3.63, 3.8) is 0 Å². The second-order valence-electron chi connectivity index (χ2n) is 3.99. The monoisotopic (exact) mass is 280 g/mol. The summed E-state index contributed by atoms with van der Waals surface area (Å²) in [5, 5.41) is 0. The molecule has 0 heterocycles. The zero-order chi connectivity index (χ0) is 15.1. The van der Waals surface area contributed by atoms with Gasteiger partial charge in [-0.25, -0.2) is 4.79 Å². The van der Waals surface area contributed by atoms with Crippen LogP contribution in [-0.2, 0) is 28.6 Å². The van der Waals surface area contributed by atoms with E-state index in [2.05, 4.69) is 4.74 Å². The van der Waals surface area contributed by atoms with Gasteiger partial charge in [-0.15, -0.1) is 0 Å². The quantitative estimate of drug-likeness (QED) is 0.599. The van der Waals surface area contributed by atoms with Crippen molar-refractivity contribution in [3.8, 4) is 0 Å². The lowest BCUT2D eigenvalue weighted by molar-refractivity contribution is -0.180. The van der Waals surface area contributed by atoms with Gasteiger partial charge in [0.05, 0.1) is 7.11 Å². The number of methoxy groups -OCH3 is 1. The molecule has 1 rings (SSSR count). The molecular weight excluding hydrogens is 264 g/mol. The zero-order valence-corrected chi connectivity index (χ0v) is 11.5. The molecule has 0 fully saturated rings. The van der Waals surface area contributed by atoms with Gasteiger partial charge in [-0.2, -0.15) is 0 Å². The lowest BCUT2D eigenvalue weighted by Crippen LogP contribution is -2.36. The van der Waals surface area contributed by atoms with Gasteiger partial charge in [0, 0.05) is 13.8 Å². The van der Waals surface area contributed by atoms with Crippen LogP contribution in [0.25, 0.3) is 0 Å². The van der Waals surface area contributed by atoms with Crippen LogP contribution >= 0.6 is 0 Å². The minimum absolute atomic E-state index is 0.527. The van der Waals surface area contributed by atoms with Gasteiger partial charge in [0.1, 0.15) is 0 Å². The van der Waals surface area contributed by atoms with E-state index in [0.717, 1.165) is 14.0 Å². The molecule has 0 aliphatic heterocycles. The first-order valence-corrected chi connectivity index (χ1v) is 5.93. The van der Waals surface area contributed by atoms with E-state index >= 15 is 0 Å². The second-order valence-corrected chi connectivity index (χ2v) is 3.99. The molecule has 108 valence electrons. The molecule has 0 N–H and O–H groups in total. The molecule has 6 nitrogen and oxygen atoms in total. The molecule has 0 amide bonds. The maximum atomic E-state index is 11.8. The first kappa shape index (κ1) is 15.7. The fourth-order valence-corrected chi connectivity index (χ4v) is 1.65. The Morgan fingerprint density at radius 3 is 1.95 bits per heavy atom. The molecule has 1 aromatic rings. The standard InChI is InChI=1S/C14H16O6/c1-9(15)19-12(11-7-5-4-6-8-11)13(14(17)18-3)20-10(2)16/h4-8,12-13H,1-3H3/t12-,13-/m1/s1. The van der Waals surface area contributed by atoms with E-state index in [0.29, 0.717) is 5.56 Å². The van der Waals surface area contributed by atoms with Crippen LogP contribution in [0.4, 0.5) is 0 Å². The molecule has 6 heteroatoms. The van der Waals surface area contributed by atoms with Gasteiger partial charge in [-0.1, -0.05) is 30.3 Å². The largest absolute Gasteiger partial charge is 0.466 e. The van der Waals surface area contributed by atoms with E-state index in [-0.39, 0.29) is 0 Å². The molecule has 0 radical (unpaired) electrons. The highest BCUT2D eigenvalue weighted by Gasteiger charge is 2.36. The molecule has 0 aromatic heterocycles. The van der Waals surface area contributed by atoms with E-state index in [1.807, 2.05) is 0 Å². The third-order valence-electron chi connectivity index (χ3n) is 2.42. The van der Waals surface area contributed by atoms with Crippen LogP contribution in [0.1, 0.15) is 25.5 Å². The summed E-state index contributed by atoms with van der Waals surface area (Å²) in [6, 6.07) is 8.52. The molecule has 1 aromatic carbocycles. The third kappa shape index (κ3) is 4.38. The highest BCUT2D eigenvalue weighted by Crippen LogP contribution is 2.25. The molecule has 0 saturated carbocycles. The second kappa shape index (κ2) is 7.28. The van der Waals surface area contributed by atoms with Gasteiger partial charge < -0.3 is 14.2 Å². The van der Waals surface area contributed by atoms with E-state index in [4.69, 9.17) is 9.47 Å². The molecule has 2 atom stereocenters. The summed E-state index contributed by atoms with van der Waals surface area (Å²) in [7, 11) is 1.16. The molecule has 20 heavy (non-hydrogen) atoms. The number of benzene rings is 1. The number of hydrogen-bond acceptors (Lipinski definition) is 6. The Morgan fingerprint density at radius 1 is 0.950 bits per heavy atom. The summed E-state index contributed by atoms with van der Waals surface area (Å²) in [4.78, 5) is 34.1. The Labute approximate surface area is 116 Å². The third-order valence-corrected chi connectivity index (χ3v) is 2.42. The molecule has 0 unspecified atom stereocenters. The predicted molar refractivity (Wildman–Crippen MR) is 68.5 cm³/mol. The van der Waals surface area contributed by atoms with Crippen LogP contribution in [0, 0.1) is 0 Å². The van der Waals surface area contributed by atoms with Gasteiger partial charge in [0.15, 0.2) is 6.10 Å². The van der Waals surface area contributed by atoms with Gasteiger partial charge >= 0.3 is 17.9 Å². The summed E-state index contributed by atoms with van der Waals surface area (Å²) in [6.45, 7) is 2.36. The normalized spacial score (nSPS) is 12.9. The maximum absolute atomic E-state index is 11.8. The first-order chi connectivity index (χ1) is 9.45. The number of carbonyl (C=O) groups excluding carboxylic acids is 3. The SMILES string of the molecule is COC(=O)[C@H](OC(C)=O)[C@H](OC(C)=O)c1ccccc1. The zero-order valence-electron chi connectivity index (χ0n) is 11.5. The van der Waals surface area contributed by atoms with Gasteiger partial charge in [0.25, 0.3) is 0 Å². The van der Waals surface area contributed by atoms with Crippen molar-refractivity contribution >= 4 is 17.9 Å². The lowest BCUT2D eigenvalue weighted by atomic mass is 10.0. The fourth-order valence-electron chi connectivity index (χ4n) is 1.65. The van der Waals surface area contributed by atoms with E-state index < -0.39 is 30.1 Å². The van der Waals surface area contributed by atoms with E-state index in [1.165, 1.54) is 6.92 Å². The fraction of sp³-hybridized carbons (Fsp3) is 0.357. The topological polar surface area (TPSA) is 78.9 Å². The van der Waals surface area contributed by atoms with Crippen molar-refractivity contribution in [1.82, 2.24) is 0 Å². The van der Waals surface area contributed by atoms with E-state index in [9.17, 15) is 14.4 Å². The molecule has 0 aliphatic rings. The van der Waals surface area contributed by atoms with Crippen LogP contribution in [-0.4, -0.2) is 31.1 Å². The predicted octanol–water partition coefficient (Wildman–Crippen LogP) is 1.40. The lowest BCUT2D eigenvalue weighted by Gasteiger charge is -2.24. The summed E-state index contributed by atoms with van der Waals surface area (Å²) in [5.74, 6) is -2.07. The average Bonchev–Trinajstić information content (AvgIpc) is 2.42. The van der Waals surface area contributed by atoms with Gasteiger partial charge in [-0.05, 0) is 5.56 Å². The first-order valence-electron chi connectivity index (χ1n) is 5.93. The molecule has 0 aliphatic carbocycles. The van der Waals surface area contributed by atoms with Crippen molar-refractivity contribution in [2.45, 2.75) is 26.1 Å². The number of rotatable bonds is 5. The minimum Gasteiger partial charge on any atom is -0.466 e. The highest BCUT2D eigenvalue weighted by atomic mass is 16.6. The summed E-state index contributed by atoms with van der Waals surface area (Å²) >= 11 is 0. The van der Waals surface area contributed by atoms with Gasteiger partial charge in [-0.3, -0.25) is 9.59 Å². The minimum atomic E-state index is -1.34. The molecule has 0 spiro atoms. The smallest absolute Gasteiger partial charge is 0.351 e. The molecule has 0 bridgehead atoms. The number of hydrogen-bond donors (Lipinski definition) is 0. The van der Waals surface area contributed by atoms with Crippen molar-refractivity contribution in [2.75, 3.05) is 7.11 Å². The van der Waals surface area contributed by atoms with Crippen molar-refractivity contribution in [1.29, 1.82) is 0 Å². The van der Waals surface area contributed by atoms with Crippen molar-refractivity contribution < 1.29 is 28.6 Å². The Kier molecular flexibility index (Phi) is 5.71. The Hall–Kier alpha value is -2.37. The average molecular weight is 280 g/mol. The van der Waals surface area contributed by atoms with Gasteiger partial charge in [0.2, 0.25) is 6.10 Å². The summed E-state index contributed by atoms with van der Waals surface area (Å²) in [6.07, 6.45) is -2.39. The van der Waals surface area contributed by atoms with Crippen LogP contribution in [0.5, 0.6) is 0 Å². The highest BCUT2D eigenvalue weighted by molar-refractivity contribution is 5.80. The number of carbonyl (C=O) groups is 3. The Balaban J connectivity index is 3.13. The van der Waals surface area contributed by atoms with E-state index in [1.54, 1.807) is 30.3 Å². The summed E-state index contributed by atoms with van der Waals surface area (Å²) in [5.41, 5.74) is 0.527. The Bertz CT molecular complexity index is 482. The van der Waals surface area contributed by atoms with Crippen LogP contribution in [0.2, 0.25) is 0 Å². The van der Waals surface area contributed by atoms with Crippen molar-refractivity contribution in [2.24, 2.45) is 0 Å². The van der Waals surface area contributed by atoms with Crippen LogP contribution in [0.3, 0.4) is 0 Å². The summed E-state index contributed by atoms with van der Waals surface area (Å²) < 4.78 is 14.6. The molecular formula is C14H16O6. The van der Waals surface area contributed by atoms with Crippen molar-refractivity contribution in [3.05, 3.63) is 35.9 Å². The molecule has 0 saturated heterocycles. The maximum Gasteiger partial charge on any atom is 0.351 e. The Morgan fingerprint density at radius 2 is 1.50 bits per heavy atom.